The maximum absolute atomic E-state index is 12.8. The molecule has 0 spiro atoms. The molecule has 0 radical (unpaired) electrons. The minimum atomic E-state index is -0.0704. The lowest BCUT2D eigenvalue weighted by molar-refractivity contribution is 0.0986. The lowest BCUT2D eigenvalue weighted by Crippen LogP contribution is -2.35. The van der Waals surface area contributed by atoms with Gasteiger partial charge in [-0.3, -0.25) is 4.79 Å². The quantitative estimate of drug-likeness (QED) is 0.890. The molecule has 3 rings (SSSR count). The zero-order valence-corrected chi connectivity index (χ0v) is 12.2. The van der Waals surface area contributed by atoms with E-state index >= 15 is 0 Å². The highest BCUT2D eigenvalue weighted by molar-refractivity contribution is 7.18. The fourth-order valence-electron chi connectivity index (χ4n) is 2.58. The Morgan fingerprint density at radius 1 is 1.50 bits per heavy atom. The number of fused-ring (bicyclic) bond motifs is 1. The minimum absolute atomic E-state index is 0.0704. The van der Waals surface area contributed by atoms with Crippen LogP contribution in [0.1, 0.15) is 22.2 Å². The normalized spacial score (nSPS) is 17.1. The summed E-state index contributed by atoms with van der Waals surface area (Å²) >= 11 is 1.29. The maximum Gasteiger partial charge on any atom is 0.272 e. The standard InChI is InChI=1S/C14H16N4OS/c1-8-7-9-5-3-4-6-10(9)18(8)13(19)11-12(15)17-14(16-2)20-11/h3-6,8H,7,15H2,1-2H3,(H,16,17). The molecule has 0 bridgehead atoms. The molecule has 1 aliphatic heterocycles. The third kappa shape index (κ3) is 1.92. The van der Waals surface area contributed by atoms with Crippen molar-refractivity contribution < 1.29 is 4.79 Å². The Balaban J connectivity index is 2.00. The Labute approximate surface area is 121 Å². The molecule has 0 saturated carbocycles. The van der Waals surface area contributed by atoms with Crippen molar-refractivity contribution in [3.05, 3.63) is 34.7 Å². The number of anilines is 3. The topological polar surface area (TPSA) is 71.2 Å². The van der Waals surface area contributed by atoms with Gasteiger partial charge in [-0.15, -0.1) is 0 Å². The van der Waals surface area contributed by atoms with E-state index in [0.29, 0.717) is 15.8 Å². The maximum atomic E-state index is 12.8. The minimum Gasteiger partial charge on any atom is -0.382 e. The summed E-state index contributed by atoms with van der Waals surface area (Å²) in [6.07, 6.45) is 0.875. The summed E-state index contributed by atoms with van der Waals surface area (Å²) < 4.78 is 0. The number of hydrogen-bond donors (Lipinski definition) is 2. The van der Waals surface area contributed by atoms with Gasteiger partial charge in [-0.25, -0.2) is 4.98 Å². The highest BCUT2D eigenvalue weighted by Gasteiger charge is 2.33. The predicted octanol–water partition coefficient (Wildman–Crippen LogP) is 2.36. The molecule has 5 nitrogen and oxygen atoms in total. The number of nitrogens with two attached hydrogens (primary N) is 1. The number of nitrogen functional groups attached to an aromatic ring is 1. The second-order valence-corrected chi connectivity index (χ2v) is 5.84. The summed E-state index contributed by atoms with van der Waals surface area (Å²) in [6, 6.07) is 8.13. The Hall–Kier alpha value is -2.08. The van der Waals surface area contributed by atoms with E-state index in [-0.39, 0.29) is 11.9 Å². The molecular weight excluding hydrogens is 272 g/mol. The summed E-state index contributed by atoms with van der Waals surface area (Å²) in [6.45, 7) is 2.05. The monoisotopic (exact) mass is 288 g/mol. The molecule has 1 aliphatic rings. The molecule has 0 fully saturated rings. The second-order valence-electron chi connectivity index (χ2n) is 4.84. The number of hydrogen-bond acceptors (Lipinski definition) is 5. The third-order valence-corrected chi connectivity index (χ3v) is 4.56. The Morgan fingerprint density at radius 2 is 2.25 bits per heavy atom. The number of nitrogens with one attached hydrogen (secondary N) is 1. The van der Waals surface area contributed by atoms with Crippen LogP contribution in [-0.2, 0) is 6.42 Å². The molecule has 2 aromatic rings. The molecule has 3 N–H and O–H groups in total. The van der Waals surface area contributed by atoms with E-state index in [2.05, 4.69) is 16.4 Å². The molecule has 1 atom stereocenters. The third-order valence-electron chi connectivity index (χ3n) is 3.49. The van der Waals surface area contributed by atoms with Gasteiger partial charge in [-0.1, -0.05) is 29.5 Å². The van der Waals surface area contributed by atoms with Crippen molar-refractivity contribution >= 4 is 33.9 Å². The number of rotatable bonds is 2. The SMILES string of the molecule is CNc1nc(N)c(C(=O)N2c3ccccc3CC2C)s1. The number of carbonyl (C=O) groups excluding carboxylic acids is 1. The van der Waals surface area contributed by atoms with Crippen LogP contribution < -0.4 is 16.0 Å². The van der Waals surface area contributed by atoms with Crippen LogP contribution in [0, 0.1) is 0 Å². The highest BCUT2D eigenvalue weighted by atomic mass is 32.1. The number of thiazole rings is 1. The van der Waals surface area contributed by atoms with Crippen LogP contribution in [0.25, 0.3) is 0 Å². The summed E-state index contributed by atoms with van der Waals surface area (Å²) in [7, 11) is 1.76. The van der Waals surface area contributed by atoms with Gasteiger partial charge in [0.25, 0.3) is 5.91 Å². The summed E-state index contributed by atoms with van der Waals surface area (Å²) in [4.78, 5) is 19.2. The molecule has 1 amide bonds. The van der Waals surface area contributed by atoms with Crippen LogP contribution in [0.4, 0.5) is 16.6 Å². The number of nitrogens with zero attached hydrogens (tertiary/aromatic N) is 2. The van der Waals surface area contributed by atoms with Crippen molar-refractivity contribution in [1.82, 2.24) is 4.98 Å². The second kappa shape index (κ2) is 4.79. The van der Waals surface area contributed by atoms with Gasteiger partial charge in [0.2, 0.25) is 0 Å². The largest absolute Gasteiger partial charge is 0.382 e. The first-order chi connectivity index (χ1) is 9.61. The van der Waals surface area contributed by atoms with Gasteiger partial charge in [0.1, 0.15) is 10.7 Å². The highest BCUT2D eigenvalue weighted by Crippen LogP contribution is 2.35. The van der Waals surface area contributed by atoms with Crippen LogP contribution in [0.5, 0.6) is 0 Å². The fourth-order valence-corrected chi connectivity index (χ4v) is 3.35. The van der Waals surface area contributed by atoms with Crippen molar-refractivity contribution in [3.8, 4) is 0 Å². The Morgan fingerprint density at radius 3 is 2.95 bits per heavy atom. The van der Waals surface area contributed by atoms with Gasteiger partial charge in [0.15, 0.2) is 5.13 Å². The lowest BCUT2D eigenvalue weighted by Gasteiger charge is -2.22. The van der Waals surface area contributed by atoms with Gasteiger partial charge in [0.05, 0.1) is 0 Å². The van der Waals surface area contributed by atoms with E-state index in [0.717, 1.165) is 12.1 Å². The molecular formula is C14H16N4OS. The fraction of sp³-hybridized carbons (Fsp3) is 0.286. The van der Waals surface area contributed by atoms with Crippen molar-refractivity contribution in [2.75, 3.05) is 23.0 Å². The van der Waals surface area contributed by atoms with Gasteiger partial charge in [-0.2, -0.15) is 0 Å². The van der Waals surface area contributed by atoms with E-state index < -0.39 is 0 Å². The van der Waals surface area contributed by atoms with Gasteiger partial charge in [-0.05, 0) is 25.0 Å². The zero-order valence-electron chi connectivity index (χ0n) is 11.4. The number of carbonyl (C=O) groups is 1. The van der Waals surface area contributed by atoms with E-state index in [1.165, 1.54) is 16.9 Å². The molecule has 20 heavy (non-hydrogen) atoms. The van der Waals surface area contributed by atoms with Crippen molar-refractivity contribution in [1.29, 1.82) is 0 Å². The number of aromatic nitrogens is 1. The summed E-state index contributed by atoms with van der Waals surface area (Å²) in [5, 5.41) is 3.58. The molecule has 1 unspecified atom stereocenters. The van der Waals surface area contributed by atoms with Gasteiger partial charge in [0, 0.05) is 18.8 Å². The van der Waals surface area contributed by atoms with Crippen molar-refractivity contribution in [2.24, 2.45) is 0 Å². The number of benzene rings is 1. The Kier molecular flexibility index (Phi) is 3.10. The van der Waals surface area contributed by atoms with Crippen LogP contribution in [-0.4, -0.2) is 24.0 Å². The van der Waals surface area contributed by atoms with Gasteiger partial charge >= 0.3 is 0 Å². The molecule has 2 heterocycles. The van der Waals surface area contributed by atoms with Crippen molar-refractivity contribution in [2.45, 2.75) is 19.4 Å². The summed E-state index contributed by atoms with van der Waals surface area (Å²) in [5.74, 6) is 0.222. The first-order valence-corrected chi connectivity index (χ1v) is 7.29. The lowest BCUT2D eigenvalue weighted by atomic mass is 10.1. The molecule has 1 aromatic carbocycles. The van der Waals surface area contributed by atoms with E-state index in [9.17, 15) is 4.79 Å². The average molecular weight is 288 g/mol. The first kappa shape index (κ1) is 12.9. The predicted molar refractivity (Wildman–Crippen MR) is 82.5 cm³/mol. The van der Waals surface area contributed by atoms with Crippen LogP contribution in [0.3, 0.4) is 0 Å². The van der Waals surface area contributed by atoms with Gasteiger partial charge < -0.3 is 16.0 Å². The van der Waals surface area contributed by atoms with Crippen LogP contribution in [0.15, 0.2) is 24.3 Å². The zero-order chi connectivity index (χ0) is 14.3. The van der Waals surface area contributed by atoms with E-state index in [4.69, 9.17) is 5.73 Å². The molecule has 6 heteroatoms. The smallest absolute Gasteiger partial charge is 0.272 e. The number of amides is 1. The first-order valence-electron chi connectivity index (χ1n) is 6.47. The van der Waals surface area contributed by atoms with E-state index in [1.807, 2.05) is 30.0 Å². The van der Waals surface area contributed by atoms with Crippen LogP contribution in [0.2, 0.25) is 0 Å². The molecule has 0 aliphatic carbocycles. The summed E-state index contributed by atoms with van der Waals surface area (Å²) in [5.41, 5.74) is 8.04. The average Bonchev–Trinajstić information content (AvgIpc) is 2.97. The molecule has 0 saturated heterocycles. The van der Waals surface area contributed by atoms with Crippen LogP contribution >= 0.6 is 11.3 Å². The van der Waals surface area contributed by atoms with Crippen molar-refractivity contribution in [3.63, 3.8) is 0 Å². The Bertz CT molecular complexity index is 667. The molecule has 1 aromatic heterocycles. The number of para-hydroxylation sites is 1. The molecule has 104 valence electrons. The van der Waals surface area contributed by atoms with E-state index in [1.54, 1.807) is 7.05 Å².